The Hall–Kier alpha value is -3.08. The number of sulfonamides is 1. The number of halogens is 4. The third-order valence-electron chi connectivity index (χ3n) is 4.49. The molecule has 0 amide bonds. The van der Waals surface area contributed by atoms with Gasteiger partial charge in [0.1, 0.15) is 12.1 Å². The van der Waals surface area contributed by atoms with Crippen LogP contribution < -0.4 is 4.72 Å². The van der Waals surface area contributed by atoms with Crippen molar-refractivity contribution >= 4 is 15.7 Å². The molecule has 0 radical (unpaired) electrons. The molecule has 0 saturated heterocycles. The number of rotatable bonds is 5. The monoisotopic (exact) mass is 454 g/mol. The zero-order valence-corrected chi connectivity index (χ0v) is 17.6. The van der Waals surface area contributed by atoms with Crippen LogP contribution in [0, 0.1) is 12.7 Å². The van der Waals surface area contributed by atoms with E-state index in [2.05, 4.69) is 19.7 Å². The standard InChI is InChI=1S/C20H18F4N4O2S/c1-4-15-17(12-8-16(11(2)25-9-12)28-31(3,29)30)19(27-10-26-15)13-6-5-7-14(18(13)21)20(22,23)24/h5-10,28H,4H2,1-3H3. The molecule has 0 spiro atoms. The van der Waals surface area contributed by atoms with Crippen molar-refractivity contribution in [2.75, 3.05) is 11.0 Å². The summed E-state index contributed by atoms with van der Waals surface area (Å²) in [4.78, 5) is 12.4. The van der Waals surface area contributed by atoms with Gasteiger partial charge < -0.3 is 0 Å². The lowest BCUT2D eigenvalue weighted by Gasteiger charge is -2.16. The minimum atomic E-state index is -4.88. The molecule has 2 aromatic heterocycles. The largest absolute Gasteiger partial charge is 0.419 e. The van der Waals surface area contributed by atoms with Gasteiger partial charge in [0.2, 0.25) is 10.0 Å². The van der Waals surface area contributed by atoms with Crippen LogP contribution in [0.2, 0.25) is 0 Å². The van der Waals surface area contributed by atoms with Crippen molar-refractivity contribution in [2.24, 2.45) is 0 Å². The maximum atomic E-state index is 14.9. The number of alkyl halides is 3. The van der Waals surface area contributed by atoms with Gasteiger partial charge in [-0.25, -0.2) is 22.8 Å². The Morgan fingerprint density at radius 2 is 1.84 bits per heavy atom. The first-order valence-electron chi connectivity index (χ1n) is 9.07. The first-order valence-corrected chi connectivity index (χ1v) is 11.0. The summed E-state index contributed by atoms with van der Waals surface area (Å²) in [5, 5.41) is 0. The van der Waals surface area contributed by atoms with Crippen molar-refractivity contribution in [3.8, 4) is 22.4 Å². The number of aryl methyl sites for hydroxylation is 2. The molecule has 0 saturated carbocycles. The van der Waals surface area contributed by atoms with Gasteiger partial charge in [-0.3, -0.25) is 9.71 Å². The average Bonchev–Trinajstić information content (AvgIpc) is 2.67. The topological polar surface area (TPSA) is 84.8 Å². The Labute approximate surface area is 176 Å². The van der Waals surface area contributed by atoms with Gasteiger partial charge in [0, 0.05) is 22.9 Å². The van der Waals surface area contributed by atoms with E-state index in [0.717, 1.165) is 18.6 Å². The van der Waals surface area contributed by atoms with Gasteiger partial charge in [0.25, 0.3) is 0 Å². The first-order chi connectivity index (χ1) is 14.4. The normalized spacial score (nSPS) is 12.1. The van der Waals surface area contributed by atoms with E-state index in [1.807, 2.05) is 0 Å². The molecule has 0 atom stereocenters. The van der Waals surface area contributed by atoms with Gasteiger partial charge in [-0.2, -0.15) is 13.2 Å². The van der Waals surface area contributed by atoms with E-state index in [0.29, 0.717) is 29.4 Å². The van der Waals surface area contributed by atoms with Crippen LogP contribution in [0.3, 0.4) is 0 Å². The fraction of sp³-hybridized carbons (Fsp3) is 0.250. The van der Waals surface area contributed by atoms with E-state index in [1.54, 1.807) is 13.8 Å². The molecular formula is C20H18F4N4O2S. The third-order valence-corrected chi connectivity index (χ3v) is 5.08. The number of hydrogen-bond donors (Lipinski definition) is 1. The minimum Gasteiger partial charge on any atom is -0.282 e. The van der Waals surface area contributed by atoms with Crippen molar-refractivity contribution in [1.29, 1.82) is 0 Å². The Morgan fingerprint density at radius 1 is 1.13 bits per heavy atom. The van der Waals surface area contributed by atoms with Gasteiger partial charge >= 0.3 is 6.18 Å². The van der Waals surface area contributed by atoms with Crippen molar-refractivity contribution < 1.29 is 26.0 Å². The second-order valence-electron chi connectivity index (χ2n) is 6.79. The fourth-order valence-electron chi connectivity index (χ4n) is 3.10. The van der Waals surface area contributed by atoms with E-state index < -0.39 is 27.6 Å². The molecule has 11 heteroatoms. The lowest BCUT2D eigenvalue weighted by Crippen LogP contribution is -2.12. The van der Waals surface area contributed by atoms with Crippen molar-refractivity contribution in [1.82, 2.24) is 15.0 Å². The molecule has 0 aliphatic rings. The maximum absolute atomic E-state index is 14.9. The van der Waals surface area contributed by atoms with Crippen LogP contribution in [0.5, 0.6) is 0 Å². The molecule has 3 rings (SSSR count). The predicted octanol–water partition coefficient (Wildman–Crippen LogP) is 4.61. The lowest BCUT2D eigenvalue weighted by molar-refractivity contribution is -0.139. The number of benzene rings is 1. The SMILES string of the molecule is CCc1ncnc(-c2cccc(C(F)(F)F)c2F)c1-c1cnc(C)c(NS(C)(=O)=O)c1. The Morgan fingerprint density at radius 3 is 2.45 bits per heavy atom. The first kappa shape index (κ1) is 22.6. The second kappa shape index (κ2) is 8.22. The van der Waals surface area contributed by atoms with Crippen LogP contribution in [-0.2, 0) is 22.6 Å². The third kappa shape index (κ3) is 4.82. The van der Waals surface area contributed by atoms with Crippen LogP contribution >= 0.6 is 0 Å². The molecule has 31 heavy (non-hydrogen) atoms. The van der Waals surface area contributed by atoms with Gasteiger partial charge in [0.05, 0.1) is 34.6 Å². The zero-order valence-electron chi connectivity index (χ0n) is 16.7. The number of nitrogens with zero attached hydrogens (tertiary/aromatic N) is 3. The summed E-state index contributed by atoms with van der Waals surface area (Å²) in [6.07, 6.45) is -0.969. The highest BCUT2D eigenvalue weighted by molar-refractivity contribution is 7.92. The predicted molar refractivity (Wildman–Crippen MR) is 108 cm³/mol. The molecule has 2 heterocycles. The highest BCUT2D eigenvalue weighted by Crippen LogP contribution is 2.39. The molecule has 0 aliphatic carbocycles. The van der Waals surface area contributed by atoms with Crippen LogP contribution in [0.4, 0.5) is 23.2 Å². The Kier molecular flexibility index (Phi) is 5.99. The molecule has 0 unspecified atom stereocenters. The van der Waals surface area contributed by atoms with Crippen LogP contribution in [0.25, 0.3) is 22.4 Å². The maximum Gasteiger partial charge on any atom is 0.419 e. The molecule has 0 bridgehead atoms. The van der Waals surface area contributed by atoms with Gasteiger partial charge in [-0.15, -0.1) is 0 Å². The second-order valence-corrected chi connectivity index (χ2v) is 8.54. The summed E-state index contributed by atoms with van der Waals surface area (Å²) >= 11 is 0. The molecule has 6 nitrogen and oxygen atoms in total. The molecular weight excluding hydrogens is 436 g/mol. The number of nitrogens with one attached hydrogen (secondary N) is 1. The molecule has 0 aliphatic heterocycles. The highest BCUT2D eigenvalue weighted by Gasteiger charge is 2.35. The summed E-state index contributed by atoms with van der Waals surface area (Å²) in [6.45, 7) is 3.36. The molecule has 164 valence electrons. The lowest BCUT2D eigenvalue weighted by atomic mass is 9.95. The highest BCUT2D eigenvalue weighted by atomic mass is 32.2. The van der Waals surface area contributed by atoms with E-state index in [4.69, 9.17) is 0 Å². The number of hydrogen-bond acceptors (Lipinski definition) is 5. The minimum absolute atomic E-state index is 0.0496. The molecule has 1 aromatic carbocycles. The van der Waals surface area contributed by atoms with Gasteiger partial charge in [-0.05, 0) is 31.5 Å². The molecule has 1 N–H and O–H groups in total. The summed E-state index contributed by atoms with van der Waals surface area (Å²) < 4.78 is 80.2. The van der Waals surface area contributed by atoms with E-state index >= 15 is 0 Å². The van der Waals surface area contributed by atoms with Gasteiger partial charge in [0.15, 0.2) is 0 Å². The summed E-state index contributed by atoms with van der Waals surface area (Å²) in [6, 6.07) is 4.42. The number of pyridine rings is 1. The van der Waals surface area contributed by atoms with Gasteiger partial charge in [-0.1, -0.05) is 13.0 Å². The summed E-state index contributed by atoms with van der Waals surface area (Å²) in [5.74, 6) is -1.45. The summed E-state index contributed by atoms with van der Waals surface area (Å²) in [7, 11) is -3.61. The van der Waals surface area contributed by atoms with E-state index in [-0.39, 0.29) is 22.5 Å². The molecule has 3 aromatic rings. The number of anilines is 1. The summed E-state index contributed by atoms with van der Waals surface area (Å²) in [5.41, 5.74) is -0.191. The fourth-order valence-corrected chi connectivity index (χ4v) is 3.71. The smallest absolute Gasteiger partial charge is 0.282 e. The van der Waals surface area contributed by atoms with E-state index in [1.165, 1.54) is 18.3 Å². The van der Waals surface area contributed by atoms with Crippen molar-refractivity contribution in [3.05, 3.63) is 59.6 Å². The number of aromatic nitrogens is 3. The Bertz CT molecular complexity index is 1240. The van der Waals surface area contributed by atoms with Crippen LogP contribution in [0.15, 0.2) is 36.8 Å². The Balaban J connectivity index is 2.29. The quantitative estimate of drug-likeness (QED) is 0.570. The van der Waals surface area contributed by atoms with Crippen molar-refractivity contribution in [3.63, 3.8) is 0 Å². The molecule has 0 fully saturated rings. The average molecular weight is 454 g/mol. The zero-order chi connectivity index (χ0) is 23.0. The van der Waals surface area contributed by atoms with Crippen LogP contribution in [-0.4, -0.2) is 29.6 Å². The van der Waals surface area contributed by atoms with E-state index in [9.17, 15) is 26.0 Å². The van der Waals surface area contributed by atoms with Crippen LogP contribution in [0.1, 0.15) is 23.9 Å². The van der Waals surface area contributed by atoms with Crippen molar-refractivity contribution in [2.45, 2.75) is 26.4 Å².